The van der Waals surface area contributed by atoms with Crippen LogP contribution in [0, 0.1) is 17.8 Å². The molecule has 0 amide bonds. The maximum absolute atomic E-state index is 12.2. The Bertz CT molecular complexity index is 437. The van der Waals surface area contributed by atoms with Crippen molar-refractivity contribution in [2.75, 3.05) is 26.4 Å². The number of esters is 2. The van der Waals surface area contributed by atoms with Gasteiger partial charge in [0.15, 0.2) is 0 Å². The van der Waals surface area contributed by atoms with Crippen molar-refractivity contribution in [2.24, 2.45) is 17.8 Å². The van der Waals surface area contributed by atoms with E-state index in [0.717, 1.165) is 0 Å². The minimum absolute atomic E-state index is 0.0258. The summed E-state index contributed by atoms with van der Waals surface area (Å²) in [7, 11) is 0. The van der Waals surface area contributed by atoms with Gasteiger partial charge in [-0.15, -0.1) is 0 Å². The van der Waals surface area contributed by atoms with E-state index in [1.54, 1.807) is 6.08 Å². The first-order valence-corrected chi connectivity index (χ1v) is 7.38. The largest absolute Gasteiger partial charge is 0.463 e. The van der Waals surface area contributed by atoms with Gasteiger partial charge in [-0.3, -0.25) is 9.59 Å². The fraction of sp³-hybridized carbons (Fsp3) is 0.733. The van der Waals surface area contributed by atoms with Crippen LogP contribution in [0.2, 0.25) is 0 Å². The summed E-state index contributed by atoms with van der Waals surface area (Å²) in [5.74, 6) is -1.51. The second kappa shape index (κ2) is 6.15. The quantitative estimate of drug-likeness (QED) is 0.408. The van der Waals surface area contributed by atoms with Crippen LogP contribution in [0.4, 0.5) is 0 Å². The molecule has 0 aromatic carbocycles. The van der Waals surface area contributed by atoms with Crippen LogP contribution >= 0.6 is 0 Å². The summed E-state index contributed by atoms with van der Waals surface area (Å²) in [6, 6.07) is 0. The Kier molecular flexibility index (Phi) is 4.26. The standard InChI is InChI=1S/C15H20O6/c1-9-2-3-12(14(16)20-7-10-5-18-10)13(4-9)15(17)21-8-11-6-19-11/h2-3,9-13H,4-8H2,1H3. The Labute approximate surface area is 123 Å². The summed E-state index contributed by atoms with van der Waals surface area (Å²) >= 11 is 0. The summed E-state index contributed by atoms with van der Waals surface area (Å²) in [6.45, 7) is 3.82. The molecule has 0 N–H and O–H groups in total. The minimum Gasteiger partial charge on any atom is -0.463 e. The number of hydrogen-bond donors (Lipinski definition) is 0. The van der Waals surface area contributed by atoms with Crippen LogP contribution in [0.25, 0.3) is 0 Å². The van der Waals surface area contributed by atoms with Crippen molar-refractivity contribution >= 4 is 11.9 Å². The van der Waals surface area contributed by atoms with Gasteiger partial charge in [-0.25, -0.2) is 0 Å². The number of carbonyl (C=O) groups excluding carboxylic acids is 2. The highest BCUT2D eigenvalue weighted by atomic mass is 16.6. The van der Waals surface area contributed by atoms with E-state index in [1.165, 1.54) is 0 Å². The van der Waals surface area contributed by atoms with Crippen LogP contribution in [0.15, 0.2) is 12.2 Å². The number of rotatable bonds is 6. The first-order valence-electron chi connectivity index (χ1n) is 7.38. The predicted octanol–water partition coefficient (Wildman–Crippen LogP) is 0.699. The molecule has 6 nitrogen and oxygen atoms in total. The van der Waals surface area contributed by atoms with Crippen molar-refractivity contribution < 1.29 is 28.5 Å². The van der Waals surface area contributed by atoms with Crippen LogP contribution in [0.1, 0.15) is 13.3 Å². The Balaban J connectivity index is 1.57. The van der Waals surface area contributed by atoms with E-state index < -0.39 is 11.8 Å². The smallest absolute Gasteiger partial charge is 0.313 e. The lowest BCUT2D eigenvalue weighted by Gasteiger charge is -2.27. The number of epoxide rings is 2. The summed E-state index contributed by atoms with van der Waals surface area (Å²) in [6.07, 6.45) is 4.37. The van der Waals surface area contributed by atoms with Gasteiger partial charge in [-0.05, 0) is 12.3 Å². The first-order chi connectivity index (χ1) is 10.1. The van der Waals surface area contributed by atoms with E-state index in [4.69, 9.17) is 18.9 Å². The lowest BCUT2D eigenvalue weighted by Crippen LogP contribution is -2.35. The van der Waals surface area contributed by atoms with Crippen molar-refractivity contribution in [1.82, 2.24) is 0 Å². The molecule has 116 valence electrons. The van der Waals surface area contributed by atoms with E-state index in [1.807, 2.05) is 13.0 Å². The molecule has 5 unspecified atom stereocenters. The highest BCUT2D eigenvalue weighted by Crippen LogP contribution is 2.31. The van der Waals surface area contributed by atoms with Gasteiger partial charge < -0.3 is 18.9 Å². The third-order valence-corrected chi connectivity index (χ3v) is 3.91. The SMILES string of the molecule is CC1C=CC(C(=O)OCC2CO2)C(C(=O)OCC2CO2)C1. The fourth-order valence-corrected chi connectivity index (χ4v) is 2.44. The molecule has 21 heavy (non-hydrogen) atoms. The van der Waals surface area contributed by atoms with Gasteiger partial charge in [0.1, 0.15) is 25.4 Å². The molecule has 3 aliphatic rings. The van der Waals surface area contributed by atoms with Gasteiger partial charge in [-0.1, -0.05) is 19.1 Å². The molecule has 1 aliphatic carbocycles. The molecule has 2 aliphatic heterocycles. The van der Waals surface area contributed by atoms with Crippen molar-refractivity contribution in [2.45, 2.75) is 25.6 Å². The molecule has 0 bridgehead atoms. The Morgan fingerprint density at radius 2 is 1.62 bits per heavy atom. The zero-order valence-electron chi connectivity index (χ0n) is 12.0. The Hall–Kier alpha value is -1.40. The Morgan fingerprint density at radius 1 is 1.05 bits per heavy atom. The topological polar surface area (TPSA) is 77.7 Å². The molecule has 3 rings (SSSR count). The third-order valence-electron chi connectivity index (χ3n) is 3.91. The van der Waals surface area contributed by atoms with Gasteiger partial charge in [0.25, 0.3) is 0 Å². The van der Waals surface area contributed by atoms with Crippen LogP contribution in [0.3, 0.4) is 0 Å². The minimum atomic E-state index is -0.562. The van der Waals surface area contributed by atoms with E-state index in [2.05, 4.69) is 0 Å². The highest BCUT2D eigenvalue weighted by Gasteiger charge is 2.39. The lowest BCUT2D eigenvalue weighted by molar-refractivity contribution is -0.160. The van der Waals surface area contributed by atoms with E-state index in [0.29, 0.717) is 19.6 Å². The maximum atomic E-state index is 12.2. The summed E-state index contributed by atoms with van der Waals surface area (Å²) in [5, 5.41) is 0. The molecule has 6 heteroatoms. The second-order valence-electron chi connectivity index (χ2n) is 5.90. The molecular weight excluding hydrogens is 276 g/mol. The van der Waals surface area contributed by atoms with Gasteiger partial charge in [0.2, 0.25) is 0 Å². The number of carbonyl (C=O) groups is 2. The second-order valence-corrected chi connectivity index (χ2v) is 5.90. The van der Waals surface area contributed by atoms with Crippen LogP contribution in [-0.4, -0.2) is 50.6 Å². The molecular formula is C15H20O6. The molecule has 0 aromatic heterocycles. The average Bonchev–Trinajstić information content (AvgIpc) is 3.36. The van der Waals surface area contributed by atoms with Gasteiger partial charge >= 0.3 is 11.9 Å². The van der Waals surface area contributed by atoms with Crippen molar-refractivity contribution in [1.29, 1.82) is 0 Å². The van der Waals surface area contributed by atoms with Gasteiger partial charge in [0, 0.05) is 0 Å². The van der Waals surface area contributed by atoms with Gasteiger partial charge in [-0.2, -0.15) is 0 Å². The average molecular weight is 296 g/mol. The van der Waals surface area contributed by atoms with Gasteiger partial charge in [0.05, 0.1) is 25.0 Å². The summed E-state index contributed by atoms with van der Waals surface area (Å²) < 4.78 is 20.5. The van der Waals surface area contributed by atoms with Crippen LogP contribution in [-0.2, 0) is 28.5 Å². The normalized spacial score (nSPS) is 36.9. The molecule has 2 heterocycles. The monoisotopic (exact) mass is 296 g/mol. The number of allylic oxidation sites excluding steroid dienone is 1. The fourth-order valence-electron chi connectivity index (χ4n) is 2.44. The number of ether oxygens (including phenoxy) is 4. The zero-order valence-corrected chi connectivity index (χ0v) is 12.0. The molecule has 0 spiro atoms. The lowest BCUT2D eigenvalue weighted by atomic mass is 9.79. The summed E-state index contributed by atoms with van der Waals surface area (Å²) in [5.41, 5.74) is 0. The van der Waals surface area contributed by atoms with Crippen LogP contribution in [0.5, 0.6) is 0 Å². The number of hydrogen-bond acceptors (Lipinski definition) is 6. The zero-order chi connectivity index (χ0) is 14.8. The van der Waals surface area contributed by atoms with Crippen molar-refractivity contribution in [3.63, 3.8) is 0 Å². The molecule has 5 atom stereocenters. The first kappa shape index (κ1) is 14.5. The third kappa shape index (κ3) is 4.04. The summed E-state index contributed by atoms with van der Waals surface area (Å²) in [4.78, 5) is 24.3. The molecule has 2 saturated heterocycles. The Morgan fingerprint density at radius 3 is 2.19 bits per heavy atom. The molecule has 2 fully saturated rings. The van der Waals surface area contributed by atoms with E-state index in [-0.39, 0.29) is 43.3 Å². The molecule has 0 saturated carbocycles. The van der Waals surface area contributed by atoms with E-state index >= 15 is 0 Å². The van der Waals surface area contributed by atoms with E-state index in [9.17, 15) is 9.59 Å². The van der Waals surface area contributed by atoms with Crippen molar-refractivity contribution in [3.8, 4) is 0 Å². The maximum Gasteiger partial charge on any atom is 0.313 e. The van der Waals surface area contributed by atoms with Crippen LogP contribution < -0.4 is 0 Å². The highest BCUT2D eigenvalue weighted by molar-refractivity contribution is 5.84. The predicted molar refractivity (Wildman–Crippen MR) is 71.3 cm³/mol. The molecule has 0 radical (unpaired) electrons. The van der Waals surface area contributed by atoms with Crippen molar-refractivity contribution in [3.05, 3.63) is 12.2 Å². The molecule has 0 aromatic rings.